The summed E-state index contributed by atoms with van der Waals surface area (Å²) in [5.41, 5.74) is 1.32. The van der Waals surface area contributed by atoms with Gasteiger partial charge in [0.1, 0.15) is 5.75 Å². The molecular formula is C17H27NOS2. The van der Waals surface area contributed by atoms with Crippen molar-refractivity contribution >= 4 is 23.5 Å². The Morgan fingerprint density at radius 2 is 2.00 bits per heavy atom. The molecular weight excluding hydrogens is 298 g/mol. The number of para-hydroxylation sites is 1. The molecule has 3 unspecified atom stereocenters. The van der Waals surface area contributed by atoms with Gasteiger partial charge >= 0.3 is 0 Å². The van der Waals surface area contributed by atoms with E-state index in [0.29, 0.717) is 16.5 Å². The van der Waals surface area contributed by atoms with Crippen molar-refractivity contribution in [3.05, 3.63) is 29.8 Å². The highest BCUT2D eigenvalue weighted by Crippen LogP contribution is 2.40. The van der Waals surface area contributed by atoms with E-state index in [9.17, 15) is 0 Å². The molecule has 0 bridgehead atoms. The maximum Gasteiger partial charge on any atom is 0.124 e. The van der Waals surface area contributed by atoms with Crippen molar-refractivity contribution < 1.29 is 4.74 Å². The fourth-order valence-corrected chi connectivity index (χ4v) is 5.66. The average Bonchev–Trinajstić information content (AvgIpc) is 2.52. The predicted molar refractivity (Wildman–Crippen MR) is 96.8 cm³/mol. The molecule has 1 aromatic carbocycles. The zero-order valence-electron chi connectivity index (χ0n) is 13.3. The molecule has 1 heterocycles. The van der Waals surface area contributed by atoms with Gasteiger partial charge < -0.3 is 10.1 Å². The summed E-state index contributed by atoms with van der Waals surface area (Å²) >= 11 is 4.20. The summed E-state index contributed by atoms with van der Waals surface area (Å²) < 4.78 is 5.98. The van der Waals surface area contributed by atoms with Gasteiger partial charge in [-0.25, -0.2) is 0 Å². The van der Waals surface area contributed by atoms with E-state index in [2.05, 4.69) is 73.9 Å². The third kappa shape index (κ3) is 4.57. The Labute approximate surface area is 137 Å². The van der Waals surface area contributed by atoms with Gasteiger partial charge in [-0.2, -0.15) is 23.5 Å². The average molecular weight is 326 g/mol. The molecule has 3 atom stereocenters. The third-order valence-electron chi connectivity index (χ3n) is 3.71. The molecule has 118 valence electrons. The summed E-state index contributed by atoms with van der Waals surface area (Å²) in [5, 5.41) is 4.98. The molecule has 21 heavy (non-hydrogen) atoms. The van der Waals surface area contributed by atoms with Gasteiger partial charge in [-0.1, -0.05) is 39.0 Å². The maximum absolute atomic E-state index is 5.98. The Bertz CT molecular complexity index is 427. The van der Waals surface area contributed by atoms with Crippen molar-refractivity contribution in [1.29, 1.82) is 0 Å². The summed E-state index contributed by atoms with van der Waals surface area (Å²) in [6.07, 6.45) is 1.05. The van der Waals surface area contributed by atoms with Gasteiger partial charge in [-0.05, 0) is 19.0 Å². The molecule has 0 spiro atoms. The first-order valence-corrected chi connectivity index (χ1v) is 10.1. The van der Waals surface area contributed by atoms with Crippen molar-refractivity contribution in [2.24, 2.45) is 0 Å². The van der Waals surface area contributed by atoms with Crippen LogP contribution in [0.3, 0.4) is 0 Å². The standard InChI is InChI=1S/C17H27NOS2/c1-4-10-19-15-9-7-6-8-14(15)16(18-5-2)17-13(3)20-11-12-21-17/h6-9,13,16-18H,4-5,10-12H2,1-3H3. The van der Waals surface area contributed by atoms with Crippen molar-refractivity contribution in [1.82, 2.24) is 5.32 Å². The van der Waals surface area contributed by atoms with Crippen LogP contribution in [0.4, 0.5) is 0 Å². The van der Waals surface area contributed by atoms with Crippen LogP contribution in [0.15, 0.2) is 24.3 Å². The second kappa shape index (κ2) is 8.96. The Morgan fingerprint density at radius 1 is 1.24 bits per heavy atom. The topological polar surface area (TPSA) is 21.3 Å². The molecule has 0 radical (unpaired) electrons. The molecule has 0 saturated carbocycles. The number of hydrogen-bond acceptors (Lipinski definition) is 4. The van der Waals surface area contributed by atoms with E-state index in [1.807, 2.05) is 0 Å². The number of ether oxygens (including phenoxy) is 1. The van der Waals surface area contributed by atoms with Crippen molar-refractivity contribution in [2.45, 2.75) is 43.7 Å². The highest BCUT2D eigenvalue weighted by atomic mass is 32.2. The molecule has 1 fully saturated rings. The van der Waals surface area contributed by atoms with Crippen molar-refractivity contribution in [3.8, 4) is 5.75 Å². The first-order chi connectivity index (χ1) is 10.3. The SMILES string of the molecule is CCCOc1ccccc1C(NCC)C1SCCSC1C. The van der Waals surface area contributed by atoms with Crippen molar-refractivity contribution in [3.63, 3.8) is 0 Å². The number of rotatable bonds is 7. The zero-order chi connectivity index (χ0) is 15.1. The van der Waals surface area contributed by atoms with Gasteiger partial charge in [0.05, 0.1) is 6.61 Å². The largest absolute Gasteiger partial charge is 0.493 e. The van der Waals surface area contributed by atoms with Crippen molar-refractivity contribution in [2.75, 3.05) is 24.7 Å². The normalized spacial score (nSPS) is 23.8. The van der Waals surface area contributed by atoms with Gasteiger partial charge in [-0.3, -0.25) is 0 Å². The van der Waals surface area contributed by atoms with Crippen LogP contribution in [0.25, 0.3) is 0 Å². The summed E-state index contributed by atoms with van der Waals surface area (Å²) in [5.74, 6) is 3.57. The van der Waals surface area contributed by atoms with E-state index >= 15 is 0 Å². The van der Waals surface area contributed by atoms with E-state index in [4.69, 9.17) is 4.74 Å². The molecule has 1 aliphatic rings. The van der Waals surface area contributed by atoms with Gasteiger partial charge in [0, 0.05) is 33.6 Å². The molecule has 2 nitrogen and oxygen atoms in total. The molecule has 1 N–H and O–H groups in total. The molecule has 0 amide bonds. The van der Waals surface area contributed by atoms with Crippen LogP contribution in [0, 0.1) is 0 Å². The van der Waals surface area contributed by atoms with Crippen LogP contribution in [-0.2, 0) is 0 Å². The highest BCUT2D eigenvalue weighted by molar-refractivity contribution is 8.07. The number of benzene rings is 1. The number of hydrogen-bond donors (Lipinski definition) is 1. The quantitative estimate of drug-likeness (QED) is 0.803. The zero-order valence-corrected chi connectivity index (χ0v) is 14.9. The van der Waals surface area contributed by atoms with Crippen LogP contribution in [0.5, 0.6) is 5.75 Å². The fourth-order valence-electron chi connectivity index (χ4n) is 2.72. The lowest BCUT2D eigenvalue weighted by Crippen LogP contribution is -2.38. The van der Waals surface area contributed by atoms with Gasteiger partial charge in [0.25, 0.3) is 0 Å². The third-order valence-corrected chi connectivity index (χ3v) is 6.90. The van der Waals surface area contributed by atoms with E-state index in [0.717, 1.165) is 25.3 Å². The Balaban J connectivity index is 2.24. The first kappa shape index (κ1) is 17.0. The molecule has 1 saturated heterocycles. The second-order valence-electron chi connectivity index (χ2n) is 5.33. The van der Waals surface area contributed by atoms with E-state index in [-0.39, 0.29) is 0 Å². The van der Waals surface area contributed by atoms with Gasteiger partial charge in [0.15, 0.2) is 0 Å². The minimum absolute atomic E-state index is 0.371. The molecule has 0 aromatic heterocycles. The lowest BCUT2D eigenvalue weighted by Gasteiger charge is -2.35. The summed E-state index contributed by atoms with van der Waals surface area (Å²) in [7, 11) is 0. The Kier molecular flexibility index (Phi) is 7.27. The van der Waals surface area contributed by atoms with Gasteiger partial charge in [0.2, 0.25) is 0 Å². The second-order valence-corrected chi connectivity index (χ2v) is 8.10. The Hall–Kier alpha value is -0.320. The van der Waals surface area contributed by atoms with Crippen LogP contribution in [0.2, 0.25) is 0 Å². The molecule has 0 aliphatic carbocycles. The lowest BCUT2D eigenvalue weighted by atomic mass is 10.0. The molecule has 1 aliphatic heterocycles. The van der Waals surface area contributed by atoms with Gasteiger partial charge in [-0.15, -0.1) is 0 Å². The van der Waals surface area contributed by atoms with Crippen LogP contribution in [0.1, 0.15) is 38.8 Å². The van der Waals surface area contributed by atoms with E-state index in [1.54, 1.807) is 0 Å². The monoisotopic (exact) mass is 325 g/mol. The van der Waals surface area contributed by atoms with Crippen LogP contribution in [-0.4, -0.2) is 35.2 Å². The maximum atomic E-state index is 5.98. The van der Waals surface area contributed by atoms with Crippen LogP contribution >= 0.6 is 23.5 Å². The molecule has 4 heteroatoms. The predicted octanol–water partition coefficient (Wildman–Crippen LogP) is 4.36. The summed E-state index contributed by atoms with van der Waals surface area (Å²) in [6, 6.07) is 8.91. The number of thioether (sulfide) groups is 2. The van der Waals surface area contributed by atoms with Crippen LogP contribution < -0.4 is 10.1 Å². The highest BCUT2D eigenvalue weighted by Gasteiger charge is 2.32. The Morgan fingerprint density at radius 3 is 2.71 bits per heavy atom. The number of nitrogens with one attached hydrogen (secondary N) is 1. The smallest absolute Gasteiger partial charge is 0.124 e. The molecule has 2 rings (SSSR count). The fraction of sp³-hybridized carbons (Fsp3) is 0.647. The van der Waals surface area contributed by atoms with E-state index in [1.165, 1.54) is 17.1 Å². The lowest BCUT2D eigenvalue weighted by molar-refractivity contribution is 0.309. The van der Waals surface area contributed by atoms with E-state index < -0.39 is 0 Å². The molecule has 1 aromatic rings. The minimum atomic E-state index is 0.371. The first-order valence-electron chi connectivity index (χ1n) is 7.96. The summed E-state index contributed by atoms with van der Waals surface area (Å²) in [4.78, 5) is 0. The minimum Gasteiger partial charge on any atom is -0.493 e. The summed E-state index contributed by atoms with van der Waals surface area (Å²) in [6.45, 7) is 8.48.